The highest BCUT2D eigenvalue weighted by Crippen LogP contribution is 2.52. The first-order valence-electron chi connectivity index (χ1n) is 5.50. The van der Waals surface area contributed by atoms with Gasteiger partial charge in [0.1, 0.15) is 0 Å². The maximum Gasteiger partial charge on any atom is 0.226 e. The van der Waals surface area contributed by atoms with E-state index < -0.39 is 0 Å². The highest BCUT2D eigenvalue weighted by atomic mass is 16.2. The molecule has 2 unspecified atom stereocenters. The molecule has 0 bridgehead atoms. The van der Waals surface area contributed by atoms with Gasteiger partial charge in [0.25, 0.3) is 0 Å². The van der Waals surface area contributed by atoms with Crippen LogP contribution < -0.4 is 5.32 Å². The topological polar surface area (TPSA) is 32.3 Å². The molecule has 0 radical (unpaired) electrons. The minimum atomic E-state index is 0.261. The molecule has 1 N–H and O–H groups in total. The van der Waals surface area contributed by atoms with E-state index in [0.29, 0.717) is 11.9 Å². The van der Waals surface area contributed by atoms with Crippen LogP contribution in [0.5, 0.6) is 0 Å². The Morgan fingerprint density at radius 2 is 2.14 bits per heavy atom. The summed E-state index contributed by atoms with van der Waals surface area (Å²) in [5.74, 6) is 0.636. The quantitative estimate of drug-likeness (QED) is 0.710. The van der Waals surface area contributed by atoms with Crippen molar-refractivity contribution in [2.45, 2.75) is 32.7 Å². The second-order valence-electron chi connectivity index (χ2n) is 5.34. The lowest BCUT2D eigenvalue weighted by Crippen LogP contribution is -2.39. The number of nitrogens with zero attached hydrogens (tertiary/aromatic N) is 1. The number of amides is 1. The standard InChI is InChI=1S/C11H20N2O/c1-11(2)6-9(11)10(14)13(3)8-4-5-12-7-8/h8-9,12H,4-7H2,1-3H3. The maximum absolute atomic E-state index is 12.0. The number of carbonyl (C=O) groups excluding carboxylic acids is 1. The van der Waals surface area contributed by atoms with E-state index in [4.69, 9.17) is 0 Å². The lowest BCUT2D eigenvalue weighted by atomic mass is 10.1. The zero-order valence-electron chi connectivity index (χ0n) is 9.34. The monoisotopic (exact) mass is 196 g/mol. The number of hydrogen-bond acceptors (Lipinski definition) is 2. The van der Waals surface area contributed by atoms with Crippen molar-refractivity contribution in [1.82, 2.24) is 10.2 Å². The van der Waals surface area contributed by atoms with Gasteiger partial charge in [-0.3, -0.25) is 4.79 Å². The molecule has 80 valence electrons. The van der Waals surface area contributed by atoms with Crippen LogP contribution in [0.1, 0.15) is 26.7 Å². The molecule has 0 aromatic heterocycles. The van der Waals surface area contributed by atoms with E-state index in [9.17, 15) is 4.79 Å². The zero-order chi connectivity index (χ0) is 10.3. The molecule has 1 saturated carbocycles. The molecule has 1 saturated heterocycles. The molecule has 0 spiro atoms. The summed E-state index contributed by atoms with van der Waals surface area (Å²) in [4.78, 5) is 14.0. The van der Waals surface area contributed by atoms with Crippen LogP contribution in [0.2, 0.25) is 0 Å². The fourth-order valence-corrected chi connectivity index (χ4v) is 2.28. The van der Waals surface area contributed by atoms with Gasteiger partial charge in [0.2, 0.25) is 5.91 Å². The van der Waals surface area contributed by atoms with Crippen LogP contribution in [0.3, 0.4) is 0 Å². The SMILES string of the molecule is CN(C(=O)C1CC1(C)C)C1CCNC1. The number of hydrogen-bond donors (Lipinski definition) is 1. The summed E-state index contributed by atoms with van der Waals surface area (Å²) in [5.41, 5.74) is 0.261. The largest absolute Gasteiger partial charge is 0.341 e. The molecular weight excluding hydrogens is 176 g/mol. The molecule has 1 amide bonds. The highest BCUT2D eigenvalue weighted by molar-refractivity contribution is 5.82. The Balaban J connectivity index is 1.91. The third kappa shape index (κ3) is 1.65. The Hall–Kier alpha value is -0.570. The highest BCUT2D eigenvalue weighted by Gasteiger charge is 2.52. The zero-order valence-corrected chi connectivity index (χ0v) is 9.34. The molecule has 2 fully saturated rings. The summed E-state index contributed by atoms with van der Waals surface area (Å²) >= 11 is 0. The van der Waals surface area contributed by atoms with Crippen LogP contribution in [-0.4, -0.2) is 37.0 Å². The van der Waals surface area contributed by atoms with Gasteiger partial charge in [0.15, 0.2) is 0 Å². The average molecular weight is 196 g/mol. The molecule has 3 heteroatoms. The van der Waals surface area contributed by atoms with E-state index >= 15 is 0 Å². The Kier molecular flexibility index (Phi) is 2.30. The van der Waals surface area contributed by atoms with E-state index in [2.05, 4.69) is 19.2 Å². The van der Waals surface area contributed by atoms with Crippen LogP contribution in [0.25, 0.3) is 0 Å². The second-order valence-corrected chi connectivity index (χ2v) is 5.34. The summed E-state index contributed by atoms with van der Waals surface area (Å²) in [5, 5.41) is 3.29. The molecule has 1 aliphatic heterocycles. The molecule has 0 aromatic carbocycles. The van der Waals surface area contributed by atoms with Crippen LogP contribution in [0.15, 0.2) is 0 Å². The van der Waals surface area contributed by atoms with Crippen LogP contribution >= 0.6 is 0 Å². The van der Waals surface area contributed by atoms with Crippen molar-refractivity contribution >= 4 is 5.91 Å². The number of nitrogens with one attached hydrogen (secondary N) is 1. The van der Waals surface area contributed by atoms with Crippen molar-refractivity contribution in [3.63, 3.8) is 0 Å². The van der Waals surface area contributed by atoms with Crippen molar-refractivity contribution in [1.29, 1.82) is 0 Å². The van der Waals surface area contributed by atoms with Gasteiger partial charge >= 0.3 is 0 Å². The summed E-state index contributed by atoms with van der Waals surface area (Å²) in [6.45, 7) is 6.37. The van der Waals surface area contributed by atoms with Crippen LogP contribution in [-0.2, 0) is 4.79 Å². The van der Waals surface area contributed by atoms with Crippen LogP contribution in [0, 0.1) is 11.3 Å². The van der Waals surface area contributed by atoms with Gasteiger partial charge in [-0.2, -0.15) is 0 Å². The van der Waals surface area contributed by atoms with Crippen molar-refractivity contribution in [3.8, 4) is 0 Å². The molecule has 3 nitrogen and oxygen atoms in total. The number of rotatable bonds is 2. The third-order valence-corrected chi connectivity index (χ3v) is 3.74. The van der Waals surface area contributed by atoms with Crippen molar-refractivity contribution in [2.24, 2.45) is 11.3 Å². The molecule has 14 heavy (non-hydrogen) atoms. The fraction of sp³-hybridized carbons (Fsp3) is 0.909. The van der Waals surface area contributed by atoms with E-state index in [0.717, 1.165) is 25.9 Å². The molecule has 0 aromatic rings. The third-order valence-electron chi connectivity index (χ3n) is 3.74. The minimum Gasteiger partial charge on any atom is -0.341 e. The second kappa shape index (κ2) is 3.23. The smallest absolute Gasteiger partial charge is 0.226 e. The lowest BCUT2D eigenvalue weighted by molar-refractivity contribution is -0.133. The van der Waals surface area contributed by atoms with E-state index in [1.807, 2.05) is 11.9 Å². The van der Waals surface area contributed by atoms with Crippen molar-refractivity contribution < 1.29 is 4.79 Å². The van der Waals surface area contributed by atoms with Crippen molar-refractivity contribution in [3.05, 3.63) is 0 Å². The fourth-order valence-electron chi connectivity index (χ4n) is 2.28. The van der Waals surface area contributed by atoms with E-state index in [1.54, 1.807) is 0 Å². The van der Waals surface area contributed by atoms with Crippen molar-refractivity contribution in [2.75, 3.05) is 20.1 Å². The van der Waals surface area contributed by atoms with Gasteiger partial charge in [-0.1, -0.05) is 13.8 Å². The summed E-state index contributed by atoms with van der Waals surface area (Å²) in [6.07, 6.45) is 2.17. The Labute approximate surface area is 85.8 Å². The molecule has 1 heterocycles. The number of carbonyl (C=O) groups is 1. The minimum absolute atomic E-state index is 0.261. The van der Waals surface area contributed by atoms with Gasteiger partial charge < -0.3 is 10.2 Å². The number of likely N-dealkylation sites (N-methyl/N-ethyl adjacent to an activating group) is 1. The molecule has 1 aliphatic carbocycles. The maximum atomic E-state index is 12.0. The molecule has 2 rings (SSSR count). The lowest BCUT2D eigenvalue weighted by Gasteiger charge is -2.24. The predicted octanol–water partition coefficient (Wildman–Crippen LogP) is 0.853. The molecular formula is C11H20N2O. The average Bonchev–Trinajstić information content (AvgIpc) is 2.60. The van der Waals surface area contributed by atoms with Gasteiger partial charge in [-0.05, 0) is 24.8 Å². The van der Waals surface area contributed by atoms with E-state index in [1.165, 1.54) is 0 Å². The molecule has 2 aliphatic rings. The van der Waals surface area contributed by atoms with Gasteiger partial charge in [-0.15, -0.1) is 0 Å². The summed E-state index contributed by atoms with van der Waals surface area (Å²) in [6, 6.07) is 0.430. The van der Waals surface area contributed by atoms with Gasteiger partial charge in [0.05, 0.1) is 0 Å². The Morgan fingerprint density at radius 1 is 1.50 bits per heavy atom. The Morgan fingerprint density at radius 3 is 2.57 bits per heavy atom. The van der Waals surface area contributed by atoms with Gasteiger partial charge in [-0.25, -0.2) is 0 Å². The van der Waals surface area contributed by atoms with Gasteiger partial charge in [0, 0.05) is 25.6 Å². The first kappa shape index (κ1) is 9.97. The Bertz CT molecular complexity index is 244. The first-order valence-corrected chi connectivity index (χ1v) is 5.50. The molecule has 2 atom stereocenters. The normalized spacial score (nSPS) is 34.2. The summed E-state index contributed by atoms with van der Waals surface area (Å²) in [7, 11) is 1.95. The van der Waals surface area contributed by atoms with E-state index in [-0.39, 0.29) is 11.3 Å². The predicted molar refractivity (Wildman–Crippen MR) is 55.9 cm³/mol. The first-order chi connectivity index (χ1) is 6.52. The summed E-state index contributed by atoms with van der Waals surface area (Å²) < 4.78 is 0. The van der Waals surface area contributed by atoms with Crippen LogP contribution in [0.4, 0.5) is 0 Å².